The van der Waals surface area contributed by atoms with E-state index >= 15 is 0 Å². The summed E-state index contributed by atoms with van der Waals surface area (Å²) in [5, 5.41) is 8.89. The van der Waals surface area contributed by atoms with Gasteiger partial charge in [0.1, 0.15) is 6.61 Å². The van der Waals surface area contributed by atoms with E-state index in [1.165, 1.54) is 12.1 Å². The van der Waals surface area contributed by atoms with Gasteiger partial charge in [0, 0.05) is 13.1 Å². The molecule has 1 saturated heterocycles. The van der Waals surface area contributed by atoms with Crippen molar-refractivity contribution in [1.82, 2.24) is 4.90 Å². The van der Waals surface area contributed by atoms with Crippen molar-refractivity contribution in [2.75, 3.05) is 19.7 Å². The number of halogens is 3. The van der Waals surface area contributed by atoms with E-state index in [-0.39, 0.29) is 11.8 Å². The fourth-order valence-corrected chi connectivity index (χ4v) is 3.00. The first-order valence-corrected chi connectivity index (χ1v) is 7.45. The lowest BCUT2D eigenvalue weighted by Crippen LogP contribution is -2.41. The average Bonchev–Trinajstić information content (AvgIpc) is 2.52. The van der Waals surface area contributed by atoms with Gasteiger partial charge in [-0.2, -0.15) is 13.2 Å². The number of nitrogens with zero attached hydrogens (tertiary/aromatic N) is 1. The van der Waals surface area contributed by atoms with Crippen molar-refractivity contribution in [3.8, 4) is 0 Å². The molecule has 1 aliphatic rings. The van der Waals surface area contributed by atoms with E-state index in [1.54, 1.807) is 11.0 Å². The summed E-state index contributed by atoms with van der Waals surface area (Å²) >= 11 is 0. The van der Waals surface area contributed by atoms with Gasteiger partial charge in [-0.05, 0) is 43.2 Å². The van der Waals surface area contributed by atoms with Crippen LogP contribution in [0.5, 0.6) is 0 Å². The Morgan fingerprint density at radius 2 is 2.05 bits per heavy atom. The molecule has 6 heteroatoms. The van der Waals surface area contributed by atoms with Crippen LogP contribution in [0, 0.1) is 5.92 Å². The highest BCUT2D eigenvalue weighted by Gasteiger charge is 2.33. The van der Waals surface area contributed by atoms with Crippen LogP contribution in [0.4, 0.5) is 13.2 Å². The molecular weight excluding hydrogens is 295 g/mol. The third-order valence-corrected chi connectivity index (χ3v) is 4.15. The van der Waals surface area contributed by atoms with Crippen LogP contribution in [-0.2, 0) is 17.4 Å². The maximum absolute atomic E-state index is 12.9. The van der Waals surface area contributed by atoms with Gasteiger partial charge in [0.25, 0.3) is 0 Å². The molecule has 0 aromatic heterocycles. The van der Waals surface area contributed by atoms with E-state index < -0.39 is 18.3 Å². The van der Waals surface area contributed by atoms with Gasteiger partial charge < -0.3 is 10.0 Å². The second kappa shape index (κ2) is 7.13. The van der Waals surface area contributed by atoms with Gasteiger partial charge >= 0.3 is 6.18 Å². The van der Waals surface area contributed by atoms with Crippen molar-refractivity contribution in [3.05, 3.63) is 35.4 Å². The molecule has 0 bridgehead atoms. The van der Waals surface area contributed by atoms with Gasteiger partial charge in [-0.3, -0.25) is 4.79 Å². The molecule has 0 unspecified atom stereocenters. The normalized spacial score (nSPS) is 19.3. The molecule has 3 nitrogen and oxygen atoms in total. The van der Waals surface area contributed by atoms with E-state index in [9.17, 15) is 18.0 Å². The fraction of sp³-hybridized carbons (Fsp3) is 0.562. The van der Waals surface area contributed by atoms with Crippen LogP contribution in [0.2, 0.25) is 0 Å². The first-order valence-electron chi connectivity index (χ1n) is 7.45. The predicted molar refractivity (Wildman–Crippen MR) is 76.2 cm³/mol. The molecule has 1 fully saturated rings. The minimum absolute atomic E-state index is 0.186. The minimum Gasteiger partial charge on any atom is -0.387 e. The Balaban J connectivity index is 1.97. The highest BCUT2D eigenvalue weighted by atomic mass is 19.4. The van der Waals surface area contributed by atoms with Crippen LogP contribution in [0.15, 0.2) is 24.3 Å². The van der Waals surface area contributed by atoms with Crippen molar-refractivity contribution in [3.63, 3.8) is 0 Å². The molecule has 0 saturated carbocycles. The van der Waals surface area contributed by atoms with Gasteiger partial charge in [-0.25, -0.2) is 0 Å². The highest BCUT2D eigenvalue weighted by Crippen LogP contribution is 2.33. The third kappa shape index (κ3) is 4.22. The molecule has 0 spiro atoms. The van der Waals surface area contributed by atoms with E-state index in [0.717, 1.165) is 18.9 Å². The van der Waals surface area contributed by atoms with E-state index in [2.05, 4.69) is 0 Å². The van der Waals surface area contributed by atoms with Crippen LogP contribution >= 0.6 is 0 Å². The molecule has 2 rings (SSSR count). The van der Waals surface area contributed by atoms with Gasteiger partial charge in [0.2, 0.25) is 5.91 Å². The molecular formula is C16H20F3NO2. The van der Waals surface area contributed by atoms with Crippen LogP contribution in [0.25, 0.3) is 0 Å². The van der Waals surface area contributed by atoms with Gasteiger partial charge in [-0.1, -0.05) is 18.2 Å². The smallest absolute Gasteiger partial charge is 0.387 e. The largest absolute Gasteiger partial charge is 0.416 e. The molecule has 22 heavy (non-hydrogen) atoms. The summed E-state index contributed by atoms with van der Waals surface area (Å²) in [6.45, 7) is 0.631. The van der Waals surface area contributed by atoms with E-state index in [1.807, 2.05) is 0 Å². The predicted octanol–water partition coefficient (Wildman–Crippen LogP) is 2.87. The van der Waals surface area contributed by atoms with Crippen LogP contribution in [-0.4, -0.2) is 35.6 Å². The molecule has 1 amide bonds. The number of carbonyl (C=O) groups is 1. The first-order chi connectivity index (χ1) is 10.4. The van der Waals surface area contributed by atoms with Gasteiger partial charge in [-0.15, -0.1) is 0 Å². The summed E-state index contributed by atoms with van der Waals surface area (Å²) in [6.07, 6.45) is -1.63. The zero-order valence-corrected chi connectivity index (χ0v) is 12.3. The maximum Gasteiger partial charge on any atom is 0.416 e. The van der Waals surface area contributed by atoms with Crippen LogP contribution in [0.3, 0.4) is 0 Å². The quantitative estimate of drug-likeness (QED) is 0.928. The Bertz CT molecular complexity index is 516. The molecule has 1 atom stereocenters. The number of amides is 1. The summed E-state index contributed by atoms with van der Waals surface area (Å²) in [6, 6.07) is 5.64. The van der Waals surface area contributed by atoms with Crippen molar-refractivity contribution in [1.29, 1.82) is 0 Å². The topological polar surface area (TPSA) is 40.5 Å². The second-order valence-electron chi connectivity index (χ2n) is 5.70. The number of carbonyl (C=O) groups excluding carboxylic acids is 1. The number of hydrogen-bond donors (Lipinski definition) is 1. The molecule has 1 aromatic carbocycles. The minimum atomic E-state index is -4.33. The zero-order chi connectivity index (χ0) is 16.2. The number of hydrogen-bond acceptors (Lipinski definition) is 2. The molecule has 1 aliphatic heterocycles. The molecule has 1 aromatic rings. The van der Waals surface area contributed by atoms with Crippen LogP contribution in [0.1, 0.15) is 30.4 Å². The van der Waals surface area contributed by atoms with Crippen molar-refractivity contribution >= 4 is 5.91 Å². The number of aryl methyl sites for hydroxylation is 1. The van der Waals surface area contributed by atoms with Gasteiger partial charge in [0.15, 0.2) is 0 Å². The number of rotatable bonds is 4. The lowest BCUT2D eigenvalue weighted by molar-refractivity contribution is -0.138. The number of piperidine rings is 1. The fourth-order valence-electron chi connectivity index (χ4n) is 3.00. The average molecular weight is 315 g/mol. The number of benzene rings is 1. The third-order valence-electron chi connectivity index (χ3n) is 4.15. The van der Waals surface area contributed by atoms with E-state index in [4.69, 9.17) is 5.11 Å². The lowest BCUT2D eigenvalue weighted by atomic mass is 9.90. The number of aliphatic hydroxyl groups excluding tert-OH is 1. The number of likely N-dealkylation sites (tertiary alicyclic amines) is 1. The molecule has 1 N–H and O–H groups in total. The standard InChI is InChI=1S/C16H20F3NO2/c17-16(18,19)14-6-2-1-5-13(14)8-7-12-4-3-9-20(10-12)15(22)11-21/h1-2,5-6,12,21H,3-4,7-11H2/t12-/m1/s1. The summed E-state index contributed by atoms with van der Waals surface area (Å²) in [7, 11) is 0. The molecule has 0 aliphatic carbocycles. The number of alkyl halides is 3. The SMILES string of the molecule is O=C(CO)N1CCC[C@H](CCc2ccccc2C(F)(F)F)C1. The van der Waals surface area contributed by atoms with Crippen molar-refractivity contribution in [2.24, 2.45) is 5.92 Å². The molecule has 0 radical (unpaired) electrons. The zero-order valence-electron chi connectivity index (χ0n) is 12.3. The van der Waals surface area contributed by atoms with Crippen molar-refractivity contribution < 1.29 is 23.1 Å². The lowest BCUT2D eigenvalue weighted by Gasteiger charge is -2.32. The van der Waals surface area contributed by atoms with Gasteiger partial charge in [0.05, 0.1) is 5.56 Å². The Morgan fingerprint density at radius 3 is 2.73 bits per heavy atom. The molecule has 122 valence electrons. The summed E-state index contributed by atoms with van der Waals surface area (Å²) in [5.74, 6) is -0.120. The molecule has 1 heterocycles. The monoisotopic (exact) mass is 315 g/mol. The summed E-state index contributed by atoms with van der Waals surface area (Å²) in [5.41, 5.74) is -0.269. The van der Waals surface area contributed by atoms with Crippen LogP contribution < -0.4 is 0 Å². The number of aliphatic hydroxyl groups is 1. The van der Waals surface area contributed by atoms with E-state index in [0.29, 0.717) is 31.5 Å². The van der Waals surface area contributed by atoms with Crippen molar-refractivity contribution in [2.45, 2.75) is 31.9 Å². The Hall–Kier alpha value is -1.56. The Labute approximate surface area is 127 Å². The first kappa shape index (κ1) is 16.8. The maximum atomic E-state index is 12.9. The summed E-state index contributed by atoms with van der Waals surface area (Å²) in [4.78, 5) is 13.1. The highest BCUT2D eigenvalue weighted by molar-refractivity contribution is 5.77. The summed E-state index contributed by atoms with van der Waals surface area (Å²) < 4.78 is 38.8. The Kier molecular flexibility index (Phi) is 5.45. The Morgan fingerprint density at radius 1 is 1.32 bits per heavy atom. The second-order valence-corrected chi connectivity index (χ2v) is 5.70.